The molecule has 0 spiro atoms. The average molecular weight is 348 g/mol. The van der Waals surface area contributed by atoms with Gasteiger partial charge in [0.15, 0.2) is 5.79 Å². The second-order valence-corrected chi connectivity index (χ2v) is 5.95. The van der Waals surface area contributed by atoms with Gasteiger partial charge < -0.3 is 20.9 Å². The van der Waals surface area contributed by atoms with Crippen molar-refractivity contribution in [3.8, 4) is 0 Å². The van der Waals surface area contributed by atoms with E-state index in [0.717, 1.165) is 5.56 Å². The average Bonchev–Trinajstić information content (AvgIpc) is 2.45. The van der Waals surface area contributed by atoms with E-state index in [9.17, 15) is 23.1 Å². The fourth-order valence-electron chi connectivity index (χ4n) is 2.27. The highest BCUT2D eigenvalue weighted by molar-refractivity contribution is 5.82. The van der Waals surface area contributed by atoms with Crippen molar-refractivity contribution < 1.29 is 27.8 Å². The molecule has 0 heterocycles. The zero-order valence-electron chi connectivity index (χ0n) is 13.6. The smallest absolute Gasteiger partial charge is 0.366 e. The molecule has 0 aromatic heterocycles. The Morgan fingerprint density at radius 2 is 1.88 bits per heavy atom. The third-order valence-electron chi connectivity index (χ3n) is 3.21. The van der Waals surface area contributed by atoms with Crippen LogP contribution in [-0.2, 0) is 16.0 Å². The minimum atomic E-state index is -5.00. The van der Waals surface area contributed by atoms with Gasteiger partial charge in [-0.1, -0.05) is 30.3 Å². The summed E-state index contributed by atoms with van der Waals surface area (Å²) in [5, 5.41) is 11.8. The Kier molecular flexibility index (Phi) is 7.19. The van der Waals surface area contributed by atoms with E-state index in [0.29, 0.717) is 0 Å². The Morgan fingerprint density at radius 1 is 1.29 bits per heavy atom. The summed E-state index contributed by atoms with van der Waals surface area (Å²) in [6.45, 7) is 2.86. The number of hydrogen-bond donors (Lipinski definition) is 3. The van der Waals surface area contributed by atoms with E-state index in [-0.39, 0.29) is 19.4 Å². The molecule has 0 saturated carbocycles. The van der Waals surface area contributed by atoms with Crippen molar-refractivity contribution in [2.24, 2.45) is 5.73 Å². The molecular formula is C16H23F3N2O3. The molecule has 0 bridgehead atoms. The third-order valence-corrected chi connectivity index (χ3v) is 3.21. The van der Waals surface area contributed by atoms with Gasteiger partial charge in [0.05, 0.1) is 12.1 Å². The van der Waals surface area contributed by atoms with Crippen molar-refractivity contribution in [1.29, 1.82) is 0 Å². The van der Waals surface area contributed by atoms with Crippen LogP contribution in [0.5, 0.6) is 0 Å². The minimum Gasteiger partial charge on any atom is -0.366 e. The molecule has 2 atom stereocenters. The molecule has 5 nitrogen and oxygen atoms in total. The first-order valence-electron chi connectivity index (χ1n) is 7.55. The lowest BCUT2D eigenvalue weighted by Gasteiger charge is -2.33. The van der Waals surface area contributed by atoms with Crippen LogP contribution in [0.4, 0.5) is 13.2 Å². The van der Waals surface area contributed by atoms with Gasteiger partial charge in [-0.2, -0.15) is 13.2 Å². The van der Waals surface area contributed by atoms with Gasteiger partial charge in [-0.15, -0.1) is 0 Å². The quantitative estimate of drug-likeness (QED) is 0.625. The minimum absolute atomic E-state index is 0.114. The van der Waals surface area contributed by atoms with E-state index in [1.54, 1.807) is 30.3 Å². The molecule has 0 fully saturated rings. The first-order chi connectivity index (χ1) is 11.0. The van der Waals surface area contributed by atoms with E-state index < -0.39 is 30.0 Å². The topological polar surface area (TPSA) is 84.6 Å². The van der Waals surface area contributed by atoms with Gasteiger partial charge in [0.25, 0.3) is 0 Å². The number of carbonyl (C=O) groups excluding carboxylic acids is 1. The highest BCUT2D eigenvalue weighted by atomic mass is 19.4. The largest absolute Gasteiger partial charge is 0.471 e. The Hall–Kier alpha value is -1.64. The van der Waals surface area contributed by atoms with Crippen LogP contribution in [0.2, 0.25) is 0 Å². The maximum absolute atomic E-state index is 12.6. The summed E-state index contributed by atoms with van der Waals surface area (Å²) in [5.41, 5.74) is 6.23. The van der Waals surface area contributed by atoms with Crippen LogP contribution in [0.1, 0.15) is 25.8 Å². The summed E-state index contributed by atoms with van der Waals surface area (Å²) >= 11 is 0. The molecule has 0 radical (unpaired) electrons. The molecule has 136 valence electrons. The van der Waals surface area contributed by atoms with Gasteiger partial charge in [-0.05, 0) is 38.8 Å². The Labute approximate surface area is 139 Å². The summed E-state index contributed by atoms with van der Waals surface area (Å²) in [7, 11) is 0. The Balaban J connectivity index is 3.01. The zero-order chi connectivity index (χ0) is 18.4. The molecule has 0 aliphatic rings. The molecule has 1 aromatic rings. The molecule has 4 N–H and O–H groups in total. The van der Waals surface area contributed by atoms with Gasteiger partial charge in [0, 0.05) is 0 Å². The van der Waals surface area contributed by atoms with Gasteiger partial charge in [-0.3, -0.25) is 4.79 Å². The number of aliphatic hydroxyl groups is 1. The number of amides is 1. The lowest BCUT2D eigenvalue weighted by Crippen LogP contribution is -2.52. The monoisotopic (exact) mass is 348 g/mol. The standard InChI is InChI=1S/C16H23F3N2O3/c1-15(2,23)24-13(8-9-20)12(21-14(22)16(17,18)19)10-11-6-4-3-5-7-11/h3-7,12-13,23H,8-10,20H2,1-2H3,(H,21,22). The van der Waals surface area contributed by atoms with Crippen LogP contribution in [-0.4, -0.2) is 41.7 Å². The van der Waals surface area contributed by atoms with Crippen molar-refractivity contribution in [2.75, 3.05) is 6.54 Å². The molecule has 1 amide bonds. The number of ether oxygens (including phenoxy) is 1. The number of rotatable bonds is 8. The van der Waals surface area contributed by atoms with Crippen LogP contribution in [0.15, 0.2) is 30.3 Å². The van der Waals surface area contributed by atoms with E-state index in [1.165, 1.54) is 13.8 Å². The van der Waals surface area contributed by atoms with E-state index in [4.69, 9.17) is 10.5 Å². The van der Waals surface area contributed by atoms with E-state index in [2.05, 4.69) is 0 Å². The fraction of sp³-hybridized carbons (Fsp3) is 0.562. The van der Waals surface area contributed by atoms with Crippen LogP contribution in [0, 0.1) is 0 Å². The first kappa shape index (κ1) is 20.4. The lowest BCUT2D eigenvalue weighted by atomic mass is 9.98. The number of nitrogens with two attached hydrogens (primary N) is 1. The normalized spacial score (nSPS) is 15.0. The number of hydrogen-bond acceptors (Lipinski definition) is 4. The molecule has 0 saturated heterocycles. The third kappa shape index (κ3) is 7.29. The molecule has 0 aliphatic carbocycles. The van der Waals surface area contributed by atoms with E-state index in [1.807, 2.05) is 5.32 Å². The molecule has 8 heteroatoms. The summed E-state index contributed by atoms with van der Waals surface area (Å²) in [5.74, 6) is -3.62. The number of alkyl halides is 3. The highest BCUT2D eigenvalue weighted by Crippen LogP contribution is 2.20. The maximum atomic E-state index is 12.6. The van der Waals surface area contributed by atoms with Crippen LogP contribution < -0.4 is 11.1 Å². The fourth-order valence-corrected chi connectivity index (χ4v) is 2.27. The zero-order valence-corrected chi connectivity index (χ0v) is 13.6. The lowest BCUT2D eigenvalue weighted by molar-refractivity contribution is -0.214. The number of nitrogens with one attached hydrogen (secondary N) is 1. The van der Waals surface area contributed by atoms with Gasteiger partial charge in [0.2, 0.25) is 0 Å². The van der Waals surface area contributed by atoms with Crippen LogP contribution >= 0.6 is 0 Å². The van der Waals surface area contributed by atoms with Crippen molar-refractivity contribution in [3.05, 3.63) is 35.9 Å². The molecular weight excluding hydrogens is 325 g/mol. The SMILES string of the molecule is CC(C)(O)OC(CCN)C(Cc1ccccc1)NC(=O)C(F)(F)F. The van der Waals surface area contributed by atoms with Crippen molar-refractivity contribution in [2.45, 2.75) is 50.8 Å². The Bertz CT molecular complexity index is 516. The molecule has 1 aromatic carbocycles. The molecule has 24 heavy (non-hydrogen) atoms. The summed E-state index contributed by atoms with van der Waals surface area (Å²) in [6, 6.07) is 7.74. The summed E-state index contributed by atoms with van der Waals surface area (Å²) in [6.07, 6.45) is -5.58. The van der Waals surface area contributed by atoms with Crippen molar-refractivity contribution >= 4 is 5.91 Å². The van der Waals surface area contributed by atoms with Crippen molar-refractivity contribution in [3.63, 3.8) is 0 Å². The molecule has 2 unspecified atom stereocenters. The highest BCUT2D eigenvalue weighted by Gasteiger charge is 2.41. The second-order valence-electron chi connectivity index (χ2n) is 5.95. The predicted molar refractivity (Wildman–Crippen MR) is 83.0 cm³/mol. The predicted octanol–water partition coefficient (Wildman–Crippen LogP) is 1.74. The summed E-state index contributed by atoms with van der Waals surface area (Å²) in [4.78, 5) is 11.4. The van der Waals surface area contributed by atoms with Crippen LogP contribution in [0.25, 0.3) is 0 Å². The summed E-state index contributed by atoms with van der Waals surface area (Å²) < 4.78 is 43.2. The van der Waals surface area contributed by atoms with Gasteiger partial charge in [0.1, 0.15) is 0 Å². The first-order valence-corrected chi connectivity index (χ1v) is 7.55. The molecule has 1 rings (SSSR count). The molecule has 0 aliphatic heterocycles. The number of benzene rings is 1. The second kappa shape index (κ2) is 8.46. The maximum Gasteiger partial charge on any atom is 0.471 e. The Morgan fingerprint density at radius 3 is 2.33 bits per heavy atom. The van der Waals surface area contributed by atoms with Gasteiger partial charge in [-0.25, -0.2) is 0 Å². The van der Waals surface area contributed by atoms with Crippen molar-refractivity contribution in [1.82, 2.24) is 5.32 Å². The number of halogens is 3. The van der Waals surface area contributed by atoms with Gasteiger partial charge >= 0.3 is 12.1 Å². The number of carbonyl (C=O) groups is 1. The van der Waals surface area contributed by atoms with E-state index >= 15 is 0 Å². The van der Waals surface area contributed by atoms with Crippen LogP contribution in [0.3, 0.4) is 0 Å².